The third-order valence-electron chi connectivity index (χ3n) is 6.61. The lowest BCUT2D eigenvalue weighted by Crippen LogP contribution is -2.48. The molecule has 0 spiro atoms. The number of hydrogen-bond acceptors (Lipinski definition) is 7. The van der Waals surface area contributed by atoms with Gasteiger partial charge in [0.1, 0.15) is 11.6 Å². The van der Waals surface area contributed by atoms with Crippen molar-refractivity contribution in [2.75, 3.05) is 32.2 Å². The summed E-state index contributed by atoms with van der Waals surface area (Å²) in [4.78, 5) is 29.3. The minimum atomic E-state index is -0.616. The van der Waals surface area contributed by atoms with E-state index in [1.54, 1.807) is 0 Å². The zero-order valence-electron chi connectivity index (χ0n) is 21.1. The molecule has 1 aromatic heterocycles. The van der Waals surface area contributed by atoms with Crippen LogP contribution in [0.15, 0.2) is 47.3 Å². The van der Waals surface area contributed by atoms with Crippen LogP contribution in [-0.2, 0) is 13.1 Å². The number of nitrogens with zero attached hydrogens (tertiary/aromatic N) is 4. The number of ether oxygens (including phenoxy) is 2. The van der Waals surface area contributed by atoms with Crippen molar-refractivity contribution in [3.05, 3.63) is 81.0 Å². The standard InChI is InChI=1S/C26H25Br3FN5O4/c1-38-24-22(28)18(21(27)23(29)25(24)39-2)13-35-20(36)9-19(33-7-3-4-17(32)12-33)34(26(35)37)11-15-8-16(30)6-5-14(15)10-31/h5-6,8-9,17H,3-4,7,11-13,32H2,1-2H3/t17-/m1/s1. The van der Waals surface area contributed by atoms with Gasteiger partial charge in [0.05, 0.1) is 47.9 Å². The Hall–Kier alpha value is -2.66. The Balaban J connectivity index is 1.92. The van der Waals surface area contributed by atoms with E-state index in [1.807, 2.05) is 4.90 Å². The quantitative estimate of drug-likeness (QED) is 0.360. The van der Waals surface area contributed by atoms with Crippen molar-refractivity contribution in [2.24, 2.45) is 5.73 Å². The molecular formula is C26H25Br3FN5O4. The van der Waals surface area contributed by atoms with E-state index in [-0.39, 0.29) is 24.7 Å². The molecule has 0 bridgehead atoms. The van der Waals surface area contributed by atoms with Gasteiger partial charge >= 0.3 is 5.69 Å². The lowest BCUT2D eigenvalue weighted by Gasteiger charge is -2.34. The fraction of sp³-hybridized carbons (Fsp3) is 0.346. The van der Waals surface area contributed by atoms with Crippen LogP contribution in [0.1, 0.15) is 29.5 Å². The second kappa shape index (κ2) is 12.2. The summed E-state index contributed by atoms with van der Waals surface area (Å²) in [6.45, 7) is 0.825. The molecule has 1 atom stereocenters. The largest absolute Gasteiger partial charge is 0.492 e. The molecule has 9 nitrogen and oxygen atoms in total. The number of piperidine rings is 1. The minimum Gasteiger partial charge on any atom is -0.492 e. The fourth-order valence-corrected chi connectivity index (χ4v) is 6.69. The summed E-state index contributed by atoms with van der Waals surface area (Å²) in [5.74, 6) is 0.649. The maximum Gasteiger partial charge on any atom is 0.333 e. The van der Waals surface area contributed by atoms with E-state index in [1.165, 1.54) is 43.1 Å². The first-order valence-electron chi connectivity index (χ1n) is 11.9. The van der Waals surface area contributed by atoms with Gasteiger partial charge in [0, 0.05) is 35.2 Å². The first-order valence-corrected chi connectivity index (χ1v) is 14.3. The molecule has 4 rings (SSSR count). The van der Waals surface area contributed by atoms with Crippen LogP contribution in [0.5, 0.6) is 11.5 Å². The molecule has 206 valence electrons. The van der Waals surface area contributed by atoms with Crippen LogP contribution in [0, 0.1) is 17.1 Å². The molecule has 3 aromatic rings. The number of methoxy groups -OCH3 is 2. The van der Waals surface area contributed by atoms with E-state index in [0.717, 1.165) is 17.4 Å². The van der Waals surface area contributed by atoms with Gasteiger partial charge in [-0.15, -0.1) is 0 Å². The number of rotatable bonds is 7. The Morgan fingerprint density at radius 1 is 1.05 bits per heavy atom. The average molecular weight is 730 g/mol. The Bertz CT molecular complexity index is 1580. The highest BCUT2D eigenvalue weighted by Crippen LogP contribution is 2.48. The molecule has 1 aliphatic heterocycles. The Morgan fingerprint density at radius 3 is 2.38 bits per heavy atom. The normalized spacial score (nSPS) is 15.2. The number of aromatic nitrogens is 2. The summed E-state index contributed by atoms with van der Waals surface area (Å²) in [5.41, 5.74) is 6.17. The summed E-state index contributed by atoms with van der Waals surface area (Å²) in [6, 6.07) is 7.12. The molecule has 1 fully saturated rings. The molecule has 0 saturated carbocycles. The van der Waals surface area contributed by atoms with Crippen LogP contribution in [0.2, 0.25) is 0 Å². The molecule has 39 heavy (non-hydrogen) atoms. The third-order valence-corrected chi connectivity index (χ3v) is 9.61. The lowest BCUT2D eigenvalue weighted by atomic mass is 10.1. The van der Waals surface area contributed by atoms with Gasteiger partial charge in [-0.3, -0.25) is 13.9 Å². The van der Waals surface area contributed by atoms with Crippen molar-refractivity contribution in [3.63, 3.8) is 0 Å². The van der Waals surface area contributed by atoms with Crippen LogP contribution in [0.4, 0.5) is 10.2 Å². The highest BCUT2D eigenvalue weighted by molar-refractivity contribution is 9.13. The number of nitriles is 1. The minimum absolute atomic E-state index is 0.112. The number of anilines is 1. The molecule has 2 heterocycles. The van der Waals surface area contributed by atoms with Gasteiger partial charge in [-0.1, -0.05) is 0 Å². The zero-order chi connectivity index (χ0) is 28.4. The van der Waals surface area contributed by atoms with Crippen LogP contribution < -0.4 is 31.4 Å². The average Bonchev–Trinajstić information content (AvgIpc) is 2.91. The molecule has 1 aliphatic rings. The van der Waals surface area contributed by atoms with Crippen LogP contribution in [0.3, 0.4) is 0 Å². The van der Waals surface area contributed by atoms with Gasteiger partial charge in [0.2, 0.25) is 0 Å². The van der Waals surface area contributed by atoms with E-state index in [4.69, 9.17) is 15.2 Å². The highest BCUT2D eigenvalue weighted by Gasteiger charge is 2.26. The first kappa shape index (κ1) is 29.3. The molecule has 1 saturated heterocycles. The second-order valence-corrected chi connectivity index (χ2v) is 11.4. The van der Waals surface area contributed by atoms with Crippen LogP contribution in [-0.4, -0.2) is 42.5 Å². The van der Waals surface area contributed by atoms with Crippen molar-refractivity contribution >= 4 is 53.6 Å². The fourth-order valence-electron chi connectivity index (χ4n) is 4.68. The van der Waals surface area contributed by atoms with E-state index in [2.05, 4.69) is 53.9 Å². The van der Waals surface area contributed by atoms with Crippen LogP contribution in [0.25, 0.3) is 0 Å². The molecule has 0 radical (unpaired) electrons. The predicted octanol–water partition coefficient (Wildman–Crippen LogP) is 4.35. The molecule has 2 aromatic carbocycles. The Labute approximate surface area is 249 Å². The third kappa shape index (κ3) is 5.79. The molecule has 0 aliphatic carbocycles. The summed E-state index contributed by atoms with van der Waals surface area (Å²) in [5, 5.41) is 9.60. The van der Waals surface area contributed by atoms with Crippen LogP contribution >= 0.6 is 47.8 Å². The topological polar surface area (TPSA) is 116 Å². The van der Waals surface area contributed by atoms with E-state index in [9.17, 15) is 19.2 Å². The van der Waals surface area contributed by atoms with E-state index in [0.29, 0.717) is 55.0 Å². The summed E-state index contributed by atoms with van der Waals surface area (Å²) in [6.07, 6.45) is 1.62. The highest BCUT2D eigenvalue weighted by atomic mass is 79.9. The van der Waals surface area contributed by atoms with Crippen molar-refractivity contribution in [2.45, 2.75) is 32.0 Å². The number of halogens is 4. The smallest absolute Gasteiger partial charge is 0.333 e. The number of nitrogens with two attached hydrogens (primary N) is 1. The van der Waals surface area contributed by atoms with Gasteiger partial charge < -0.3 is 20.1 Å². The van der Waals surface area contributed by atoms with Gasteiger partial charge in [-0.2, -0.15) is 5.26 Å². The summed E-state index contributed by atoms with van der Waals surface area (Å²) < 4.78 is 29.2. The van der Waals surface area contributed by atoms with Gasteiger partial charge in [-0.25, -0.2) is 9.18 Å². The van der Waals surface area contributed by atoms with E-state index < -0.39 is 17.1 Å². The van der Waals surface area contributed by atoms with Crippen molar-refractivity contribution in [3.8, 4) is 17.6 Å². The molecule has 2 N–H and O–H groups in total. The van der Waals surface area contributed by atoms with Crippen molar-refractivity contribution in [1.29, 1.82) is 5.26 Å². The zero-order valence-corrected chi connectivity index (χ0v) is 25.9. The maximum atomic E-state index is 14.2. The second-order valence-electron chi connectivity index (χ2n) is 9.04. The summed E-state index contributed by atoms with van der Waals surface area (Å²) in [7, 11) is 2.98. The van der Waals surface area contributed by atoms with Gasteiger partial charge in [0.15, 0.2) is 11.5 Å². The molecule has 0 unspecified atom stereocenters. The first-order chi connectivity index (χ1) is 18.6. The predicted molar refractivity (Wildman–Crippen MR) is 156 cm³/mol. The van der Waals surface area contributed by atoms with E-state index >= 15 is 0 Å². The maximum absolute atomic E-state index is 14.2. The monoisotopic (exact) mass is 727 g/mol. The molecule has 13 heteroatoms. The molecule has 0 amide bonds. The SMILES string of the molecule is COc1c(Br)c(Br)c(Cn2c(=O)cc(N3CCC[C@@H](N)C3)n(Cc3cc(F)ccc3C#N)c2=O)c(Br)c1OC. The Morgan fingerprint density at radius 2 is 1.74 bits per heavy atom. The number of hydrogen-bond donors (Lipinski definition) is 1. The Kier molecular flexibility index (Phi) is 9.21. The summed E-state index contributed by atoms with van der Waals surface area (Å²) >= 11 is 10.6. The van der Waals surface area contributed by atoms with Crippen molar-refractivity contribution in [1.82, 2.24) is 9.13 Å². The van der Waals surface area contributed by atoms with Gasteiger partial charge in [0.25, 0.3) is 5.56 Å². The van der Waals surface area contributed by atoms with Gasteiger partial charge in [-0.05, 0) is 84.4 Å². The lowest BCUT2D eigenvalue weighted by molar-refractivity contribution is 0.350. The van der Waals surface area contributed by atoms with Crippen molar-refractivity contribution < 1.29 is 13.9 Å². The number of benzene rings is 2. The molecular weight excluding hydrogens is 705 g/mol.